The van der Waals surface area contributed by atoms with Crippen molar-refractivity contribution in [2.75, 3.05) is 42.9 Å². The highest BCUT2D eigenvalue weighted by molar-refractivity contribution is 5.77. The summed E-state index contributed by atoms with van der Waals surface area (Å²) < 4.78 is 38.1. The van der Waals surface area contributed by atoms with Gasteiger partial charge in [0.1, 0.15) is 11.5 Å². The minimum Gasteiger partial charge on any atom is -0.379 e. The first kappa shape index (κ1) is 22.3. The Morgan fingerprint density at radius 3 is 2.58 bits per heavy atom. The summed E-state index contributed by atoms with van der Waals surface area (Å²) in [6.07, 6.45) is -2.78. The zero-order valence-electron chi connectivity index (χ0n) is 16.6. The number of rotatable bonds is 6. The van der Waals surface area contributed by atoms with Crippen LogP contribution in [0.2, 0.25) is 0 Å². The summed E-state index contributed by atoms with van der Waals surface area (Å²) in [6.45, 7) is 2.25. The number of hydrogen-bond acceptors (Lipinski definition) is 6. The zero-order chi connectivity index (χ0) is 22.4. The number of nitro groups is 1. The molecule has 0 saturated carbocycles. The summed E-state index contributed by atoms with van der Waals surface area (Å²) in [5.74, 6) is 0.355. The van der Waals surface area contributed by atoms with E-state index in [4.69, 9.17) is 0 Å². The lowest BCUT2D eigenvalue weighted by molar-refractivity contribution is -0.384. The highest BCUT2D eigenvalue weighted by Crippen LogP contribution is 2.29. The molecule has 0 bridgehead atoms. The maximum atomic E-state index is 12.7. The number of halogens is 3. The lowest BCUT2D eigenvalue weighted by Crippen LogP contribution is -2.36. The molecule has 0 aliphatic carbocycles. The SMILES string of the molecule is O=C(CCNc1ccccc1[N+](=O)[O-])N1CCCN(c2ccc(C(F)(F)F)cn2)CC1. The largest absolute Gasteiger partial charge is 0.417 e. The van der Waals surface area contributed by atoms with E-state index in [9.17, 15) is 28.1 Å². The number of anilines is 2. The first-order valence-corrected chi connectivity index (χ1v) is 9.79. The molecule has 2 aromatic rings. The predicted molar refractivity (Wildman–Crippen MR) is 109 cm³/mol. The first-order chi connectivity index (χ1) is 14.8. The maximum Gasteiger partial charge on any atom is 0.417 e. The van der Waals surface area contributed by atoms with Crippen LogP contribution in [0.5, 0.6) is 0 Å². The van der Waals surface area contributed by atoms with Crippen molar-refractivity contribution in [3.8, 4) is 0 Å². The molecule has 1 aromatic carbocycles. The van der Waals surface area contributed by atoms with Crippen molar-refractivity contribution in [1.82, 2.24) is 9.88 Å². The molecule has 0 atom stereocenters. The monoisotopic (exact) mass is 437 g/mol. The van der Waals surface area contributed by atoms with E-state index in [2.05, 4.69) is 10.3 Å². The van der Waals surface area contributed by atoms with Gasteiger partial charge in [-0.15, -0.1) is 0 Å². The van der Waals surface area contributed by atoms with Crippen LogP contribution in [0.15, 0.2) is 42.6 Å². The van der Waals surface area contributed by atoms with Crippen LogP contribution in [0.3, 0.4) is 0 Å². The summed E-state index contributed by atoms with van der Waals surface area (Å²) >= 11 is 0. The van der Waals surface area contributed by atoms with Gasteiger partial charge in [0.25, 0.3) is 5.69 Å². The predicted octanol–water partition coefficient (Wildman–Crippen LogP) is 3.55. The van der Waals surface area contributed by atoms with Gasteiger partial charge in [-0.25, -0.2) is 4.98 Å². The quantitative estimate of drug-likeness (QED) is 0.549. The number of amides is 1. The van der Waals surface area contributed by atoms with Gasteiger partial charge < -0.3 is 15.1 Å². The van der Waals surface area contributed by atoms with Crippen LogP contribution in [0.4, 0.5) is 30.4 Å². The third kappa shape index (κ3) is 5.83. The first-order valence-electron chi connectivity index (χ1n) is 9.79. The van der Waals surface area contributed by atoms with E-state index in [1.54, 1.807) is 23.1 Å². The minimum atomic E-state index is -4.43. The number of nitrogens with zero attached hydrogens (tertiary/aromatic N) is 4. The van der Waals surface area contributed by atoms with Gasteiger partial charge in [0.05, 0.1) is 10.5 Å². The fourth-order valence-corrected chi connectivity index (χ4v) is 3.38. The number of carbonyl (C=O) groups excluding carboxylic acids is 1. The molecule has 0 spiro atoms. The Morgan fingerprint density at radius 1 is 1.13 bits per heavy atom. The lowest BCUT2D eigenvalue weighted by Gasteiger charge is -2.23. The smallest absolute Gasteiger partial charge is 0.379 e. The summed E-state index contributed by atoms with van der Waals surface area (Å²) in [7, 11) is 0. The summed E-state index contributed by atoms with van der Waals surface area (Å²) in [5, 5.41) is 14.0. The van der Waals surface area contributed by atoms with Gasteiger partial charge >= 0.3 is 6.18 Å². The molecular weight excluding hydrogens is 415 g/mol. The van der Waals surface area contributed by atoms with Crippen molar-refractivity contribution in [3.63, 3.8) is 0 Å². The van der Waals surface area contributed by atoms with Gasteiger partial charge in [-0.05, 0) is 24.6 Å². The Kier molecular flexibility index (Phi) is 6.93. The maximum absolute atomic E-state index is 12.7. The standard InChI is InChI=1S/C20H22F3N5O3/c21-20(22,23)15-6-7-18(25-14-15)26-10-3-11-27(13-12-26)19(29)8-9-24-16-4-1-2-5-17(16)28(30)31/h1-2,4-7,14,24H,3,8-13H2. The van der Waals surface area contributed by atoms with E-state index in [0.29, 0.717) is 44.1 Å². The van der Waals surface area contributed by atoms with Crippen LogP contribution in [-0.2, 0) is 11.0 Å². The van der Waals surface area contributed by atoms with Crippen molar-refractivity contribution >= 4 is 23.1 Å². The molecule has 8 nitrogen and oxygen atoms in total. The molecule has 0 unspecified atom stereocenters. The number of nitro benzene ring substituents is 1. The number of benzene rings is 1. The van der Waals surface area contributed by atoms with Gasteiger partial charge in [0.2, 0.25) is 5.91 Å². The van der Waals surface area contributed by atoms with E-state index in [-0.39, 0.29) is 24.6 Å². The molecule has 11 heteroatoms. The molecule has 2 heterocycles. The van der Waals surface area contributed by atoms with Crippen molar-refractivity contribution in [2.45, 2.75) is 19.0 Å². The molecule has 1 aliphatic rings. The van der Waals surface area contributed by atoms with Crippen LogP contribution >= 0.6 is 0 Å². The number of hydrogen-bond donors (Lipinski definition) is 1. The molecular formula is C20H22F3N5O3. The van der Waals surface area contributed by atoms with Crippen LogP contribution in [0, 0.1) is 10.1 Å². The van der Waals surface area contributed by atoms with Gasteiger partial charge in [0.15, 0.2) is 0 Å². The molecule has 1 aromatic heterocycles. The van der Waals surface area contributed by atoms with E-state index < -0.39 is 16.7 Å². The van der Waals surface area contributed by atoms with Gasteiger partial charge in [0, 0.05) is 51.4 Å². The molecule has 1 N–H and O–H groups in total. The van der Waals surface area contributed by atoms with Crippen molar-refractivity contribution in [3.05, 3.63) is 58.3 Å². The Morgan fingerprint density at radius 2 is 1.90 bits per heavy atom. The van der Waals surface area contributed by atoms with E-state index in [1.165, 1.54) is 12.1 Å². The van der Waals surface area contributed by atoms with Gasteiger partial charge in [-0.3, -0.25) is 14.9 Å². The molecule has 31 heavy (non-hydrogen) atoms. The summed E-state index contributed by atoms with van der Waals surface area (Å²) in [5.41, 5.74) is -0.492. The second kappa shape index (κ2) is 9.63. The van der Waals surface area contributed by atoms with E-state index >= 15 is 0 Å². The third-order valence-electron chi connectivity index (χ3n) is 5.00. The average Bonchev–Trinajstić information content (AvgIpc) is 3.00. The summed E-state index contributed by atoms with van der Waals surface area (Å²) in [6, 6.07) is 8.58. The fourth-order valence-electron chi connectivity index (χ4n) is 3.38. The highest BCUT2D eigenvalue weighted by Gasteiger charge is 2.31. The van der Waals surface area contributed by atoms with E-state index in [0.717, 1.165) is 12.3 Å². The van der Waals surface area contributed by atoms with Gasteiger partial charge in [-0.1, -0.05) is 12.1 Å². The normalized spacial score (nSPS) is 14.8. The second-order valence-corrected chi connectivity index (χ2v) is 7.08. The average molecular weight is 437 g/mol. The zero-order valence-corrected chi connectivity index (χ0v) is 16.6. The molecule has 1 amide bonds. The van der Waals surface area contributed by atoms with Crippen molar-refractivity contribution < 1.29 is 22.9 Å². The van der Waals surface area contributed by atoms with Crippen LogP contribution in [0.1, 0.15) is 18.4 Å². The number of para-hydroxylation sites is 2. The third-order valence-corrected chi connectivity index (χ3v) is 5.00. The molecule has 166 valence electrons. The van der Waals surface area contributed by atoms with Crippen LogP contribution < -0.4 is 10.2 Å². The molecule has 1 aliphatic heterocycles. The molecule has 1 fully saturated rings. The van der Waals surface area contributed by atoms with Crippen molar-refractivity contribution in [1.29, 1.82) is 0 Å². The molecule has 1 saturated heterocycles. The number of nitrogens with one attached hydrogen (secondary N) is 1. The number of pyridine rings is 1. The highest BCUT2D eigenvalue weighted by atomic mass is 19.4. The minimum absolute atomic E-state index is 0.0515. The lowest BCUT2D eigenvalue weighted by atomic mass is 10.2. The second-order valence-electron chi connectivity index (χ2n) is 7.08. The molecule has 0 radical (unpaired) electrons. The number of alkyl halides is 3. The Bertz CT molecular complexity index is 921. The number of aromatic nitrogens is 1. The van der Waals surface area contributed by atoms with Crippen LogP contribution in [-0.4, -0.2) is 53.4 Å². The van der Waals surface area contributed by atoms with Crippen molar-refractivity contribution in [2.24, 2.45) is 0 Å². The number of carbonyl (C=O) groups is 1. The molecule has 3 rings (SSSR count). The van der Waals surface area contributed by atoms with E-state index in [1.807, 2.05) is 4.90 Å². The van der Waals surface area contributed by atoms with Gasteiger partial charge in [-0.2, -0.15) is 13.2 Å². The Hall–Kier alpha value is -3.37. The fraction of sp³-hybridized carbons (Fsp3) is 0.400. The topological polar surface area (TPSA) is 91.6 Å². The Labute approximate surface area is 176 Å². The Balaban J connectivity index is 1.51. The summed E-state index contributed by atoms with van der Waals surface area (Å²) in [4.78, 5) is 30.6. The van der Waals surface area contributed by atoms with Crippen LogP contribution in [0.25, 0.3) is 0 Å².